The molecular formula is C18H24Cl2N4O. The number of nitrogens with two attached hydrogens (primary N) is 1. The molecule has 1 unspecified atom stereocenters. The molecule has 136 valence electrons. The molecule has 25 heavy (non-hydrogen) atoms. The molecule has 1 amide bonds. The zero-order valence-electron chi connectivity index (χ0n) is 14.5. The third kappa shape index (κ3) is 4.00. The van der Waals surface area contributed by atoms with Gasteiger partial charge in [-0.05, 0) is 44.4 Å². The summed E-state index contributed by atoms with van der Waals surface area (Å²) in [6.45, 7) is 6.54. The second-order valence-corrected chi connectivity index (χ2v) is 6.84. The molecule has 2 N–H and O–H groups in total. The number of halogens is 2. The van der Waals surface area contributed by atoms with Gasteiger partial charge in [-0.1, -0.05) is 29.8 Å². The number of benzene rings is 1. The molecule has 0 bridgehead atoms. The minimum absolute atomic E-state index is 0. The zero-order valence-corrected chi connectivity index (χ0v) is 16.1. The average Bonchev–Trinajstić information content (AvgIpc) is 3.14. The van der Waals surface area contributed by atoms with E-state index >= 15 is 0 Å². The predicted molar refractivity (Wildman–Crippen MR) is 103 cm³/mol. The van der Waals surface area contributed by atoms with Crippen LogP contribution in [0.3, 0.4) is 0 Å². The molecule has 2 heterocycles. The van der Waals surface area contributed by atoms with Gasteiger partial charge in [0.25, 0.3) is 5.91 Å². The molecule has 1 aromatic carbocycles. The lowest BCUT2D eigenvalue weighted by molar-refractivity contribution is 0.0786. The Balaban J connectivity index is 0.00000225. The standard InChI is InChI=1S/C18H23ClN4O.ClH/c1-12-17(18(24)22-8-7-14(9-20)10-22)13(2)23(21-12)11-15-5-3-4-6-16(15)19;/h3-6,14H,7-11,20H2,1-2H3;1H. The van der Waals surface area contributed by atoms with Gasteiger partial charge in [0.1, 0.15) is 0 Å². The molecule has 2 aromatic rings. The van der Waals surface area contributed by atoms with Crippen molar-refractivity contribution in [3.63, 3.8) is 0 Å². The van der Waals surface area contributed by atoms with Crippen LogP contribution in [0.25, 0.3) is 0 Å². The van der Waals surface area contributed by atoms with Crippen LogP contribution < -0.4 is 5.73 Å². The van der Waals surface area contributed by atoms with Crippen molar-refractivity contribution >= 4 is 29.9 Å². The second kappa shape index (κ2) is 8.21. The van der Waals surface area contributed by atoms with Crippen LogP contribution in [0.2, 0.25) is 5.02 Å². The number of carbonyl (C=O) groups excluding carboxylic acids is 1. The summed E-state index contributed by atoms with van der Waals surface area (Å²) in [6, 6.07) is 7.71. The summed E-state index contributed by atoms with van der Waals surface area (Å²) in [6.07, 6.45) is 0.980. The first-order valence-corrected chi connectivity index (χ1v) is 8.65. The van der Waals surface area contributed by atoms with Gasteiger partial charge in [0.2, 0.25) is 0 Å². The number of amides is 1. The van der Waals surface area contributed by atoms with Gasteiger partial charge in [-0.25, -0.2) is 0 Å². The molecule has 1 fully saturated rings. The molecule has 1 atom stereocenters. The lowest BCUT2D eigenvalue weighted by Gasteiger charge is -2.16. The van der Waals surface area contributed by atoms with E-state index in [1.165, 1.54) is 0 Å². The molecule has 7 heteroatoms. The maximum atomic E-state index is 12.9. The number of rotatable bonds is 4. The maximum Gasteiger partial charge on any atom is 0.257 e. The van der Waals surface area contributed by atoms with Gasteiger partial charge >= 0.3 is 0 Å². The van der Waals surface area contributed by atoms with Crippen molar-refractivity contribution < 1.29 is 4.79 Å². The molecule has 0 saturated carbocycles. The van der Waals surface area contributed by atoms with E-state index in [1.54, 1.807) is 0 Å². The largest absolute Gasteiger partial charge is 0.338 e. The van der Waals surface area contributed by atoms with Gasteiger partial charge < -0.3 is 10.6 Å². The highest BCUT2D eigenvalue weighted by atomic mass is 35.5. The average molecular weight is 383 g/mol. The van der Waals surface area contributed by atoms with Crippen LogP contribution in [0.4, 0.5) is 0 Å². The van der Waals surface area contributed by atoms with E-state index in [0.717, 1.165) is 36.5 Å². The third-order valence-electron chi connectivity index (χ3n) is 4.78. The van der Waals surface area contributed by atoms with Crippen LogP contribution in [0, 0.1) is 19.8 Å². The molecule has 0 aliphatic carbocycles. The summed E-state index contributed by atoms with van der Waals surface area (Å²) < 4.78 is 1.86. The second-order valence-electron chi connectivity index (χ2n) is 6.44. The maximum absolute atomic E-state index is 12.9. The lowest BCUT2D eigenvalue weighted by atomic mass is 10.1. The van der Waals surface area contributed by atoms with Crippen molar-refractivity contribution in [2.75, 3.05) is 19.6 Å². The summed E-state index contributed by atoms with van der Waals surface area (Å²) in [4.78, 5) is 14.8. The number of carbonyl (C=O) groups is 1. The fraction of sp³-hybridized carbons (Fsp3) is 0.444. The number of likely N-dealkylation sites (tertiary alicyclic amines) is 1. The van der Waals surface area contributed by atoms with Crippen LogP contribution >= 0.6 is 24.0 Å². The highest BCUT2D eigenvalue weighted by molar-refractivity contribution is 6.31. The van der Waals surface area contributed by atoms with Crippen LogP contribution in [-0.2, 0) is 6.54 Å². The minimum atomic E-state index is 0. The Labute approximate surface area is 159 Å². The summed E-state index contributed by atoms with van der Waals surface area (Å²) in [5, 5.41) is 5.28. The Morgan fingerprint density at radius 1 is 1.36 bits per heavy atom. The molecular weight excluding hydrogens is 359 g/mol. The normalized spacial score (nSPS) is 16.8. The first-order valence-electron chi connectivity index (χ1n) is 8.28. The Morgan fingerprint density at radius 2 is 2.08 bits per heavy atom. The summed E-state index contributed by atoms with van der Waals surface area (Å²) in [5.74, 6) is 0.471. The highest BCUT2D eigenvalue weighted by Crippen LogP contribution is 2.23. The first-order chi connectivity index (χ1) is 11.5. The smallest absolute Gasteiger partial charge is 0.257 e. The van der Waals surface area contributed by atoms with Crippen LogP contribution in [0.1, 0.15) is 33.7 Å². The molecule has 0 radical (unpaired) electrons. The summed E-state index contributed by atoms with van der Waals surface area (Å²) >= 11 is 6.24. The SMILES string of the molecule is Cc1nn(Cc2ccccc2Cl)c(C)c1C(=O)N1CCC(CN)C1.Cl. The van der Waals surface area contributed by atoms with Crippen molar-refractivity contribution in [1.82, 2.24) is 14.7 Å². The third-order valence-corrected chi connectivity index (χ3v) is 5.15. The van der Waals surface area contributed by atoms with Crippen LogP contribution in [0.15, 0.2) is 24.3 Å². The van der Waals surface area contributed by atoms with Gasteiger partial charge in [-0.2, -0.15) is 5.10 Å². The van der Waals surface area contributed by atoms with E-state index in [0.29, 0.717) is 29.6 Å². The number of hydrogen-bond acceptors (Lipinski definition) is 3. The predicted octanol–water partition coefficient (Wildman–Crippen LogP) is 3.04. The van der Waals surface area contributed by atoms with Gasteiger partial charge in [-0.3, -0.25) is 9.48 Å². The Morgan fingerprint density at radius 3 is 2.72 bits per heavy atom. The fourth-order valence-corrected chi connectivity index (χ4v) is 3.51. The van der Waals surface area contributed by atoms with Gasteiger partial charge in [0.15, 0.2) is 0 Å². The molecule has 3 rings (SSSR count). The molecule has 1 saturated heterocycles. The van der Waals surface area contributed by atoms with Crippen LogP contribution in [-0.4, -0.2) is 40.2 Å². The minimum Gasteiger partial charge on any atom is -0.338 e. The van der Waals surface area contributed by atoms with E-state index in [9.17, 15) is 4.79 Å². The van der Waals surface area contributed by atoms with Gasteiger partial charge in [0.05, 0.1) is 17.8 Å². The Kier molecular flexibility index (Phi) is 6.49. The first kappa shape index (κ1) is 19.8. The Hall–Kier alpha value is -1.56. The topological polar surface area (TPSA) is 64.2 Å². The Bertz CT molecular complexity index is 760. The molecule has 0 spiro atoms. The molecule has 1 aromatic heterocycles. The summed E-state index contributed by atoms with van der Waals surface area (Å²) in [7, 11) is 0. The van der Waals surface area contributed by atoms with Crippen molar-refractivity contribution in [2.24, 2.45) is 11.7 Å². The fourth-order valence-electron chi connectivity index (χ4n) is 3.32. The van der Waals surface area contributed by atoms with E-state index < -0.39 is 0 Å². The monoisotopic (exact) mass is 382 g/mol. The van der Waals surface area contributed by atoms with E-state index in [2.05, 4.69) is 5.10 Å². The van der Waals surface area contributed by atoms with E-state index in [-0.39, 0.29) is 18.3 Å². The van der Waals surface area contributed by atoms with Gasteiger partial charge in [-0.15, -0.1) is 12.4 Å². The molecule has 5 nitrogen and oxygen atoms in total. The quantitative estimate of drug-likeness (QED) is 0.883. The van der Waals surface area contributed by atoms with Crippen LogP contribution in [0.5, 0.6) is 0 Å². The van der Waals surface area contributed by atoms with Crippen molar-refractivity contribution in [3.8, 4) is 0 Å². The van der Waals surface area contributed by atoms with Crippen molar-refractivity contribution in [2.45, 2.75) is 26.8 Å². The number of hydrogen-bond donors (Lipinski definition) is 1. The van der Waals surface area contributed by atoms with Crippen molar-refractivity contribution in [3.05, 3.63) is 51.8 Å². The van der Waals surface area contributed by atoms with Crippen molar-refractivity contribution in [1.29, 1.82) is 0 Å². The van der Waals surface area contributed by atoms with E-state index in [1.807, 2.05) is 47.7 Å². The van der Waals surface area contributed by atoms with Gasteiger partial charge in [0, 0.05) is 23.8 Å². The highest BCUT2D eigenvalue weighted by Gasteiger charge is 2.29. The van der Waals surface area contributed by atoms with E-state index in [4.69, 9.17) is 17.3 Å². The number of nitrogens with zero attached hydrogens (tertiary/aromatic N) is 3. The molecule has 1 aliphatic heterocycles. The molecule has 1 aliphatic rings. The number of aryl methyl sites for hydroxylation is 1. The summed E-state index contributed by atoms with van der Waals surface area (Å²) in [5.41, 5.74) is 9.08. The zero-order chi connectivity index (χ0) is 17.3. The number of aromatic nitrogens is 2. The lowest BCUT2D eigenvalue weighted by Crippen LogP contribution is -2.30.